The van der Waals surface area contributed by atoms with Crippen LogP contribution >= 0.6 is 0 Å². The third-order valence-electron chi connectivity index (χ3n) is 5.17. The molecule has 0 aliphatic carbocycles. The normalized spacial score (nSPS) is 12.1. The maximum absolute atomic E-state index is 9.49. The number of aliphatic hydroxyl groups is 1. The van der Waals surface area contributed by atoms with Gasteiger partial charge in [-0.2, -0.15) is 0 Å². The summed E-state index contributed by atoms with van der Waals surface area (Å²) >= 11 is 0. The smallest absolute Gasteiger partial charge is 0.216 e. The Morgan fingerprint density at radius 2 is 1.79 bits per heavy atom. The summed E-state index contributed by atoms with van der Waals surface area (Å²) in [4.78, 5) is 4.86. The van der Waals surface area contributed by atoms with Crippen LogP contribution in [-0.2, 0) is 12.8 Å². The standard InChI is InChI=1S/C24H35NO4/c1-7-17(15-26)9-10-19-13-18(8-2)23(25-24(19)28-6)21-12-11-20(29-16(3)4)14-22(21)27-5/h11-14,16-17,26H,7-10,15H2,1-6H3. The molecule has 0 amide bonds. The maximum atomic E-state index is 9.49. The molecule has 29 heavy (non-hydrogen) atoms. The van der Waals surface area contributed by atoms with Gasteiger partial charge in [0, 0.05) is 23.8 Å². The van der Waals surface area contributed by atoms with Crippen molar-refractivity contribution in [1.29, 1.82) is 0 Å². The first kappa shape index (κ1) is 23.0. The molecule has 0 saturated carbocycles. The fraction of sp³-hybridized carbons (Fsp3) is 0.542. The summed E-state index contributed by atoms with van der Waals surface area (Å²) in [5, 5.41) is 9.49. The number of aliphatic hydroxyl groups excluding tert-OH is 1. The van der Waals surface area contributed by atoms with Gasteiger partial charge in [0.15, 0.2) is 0 Å². The molecule has 5 nitrogen and oxygen atoms in total. The van der Waals surface area contributed by atoms with Crippen molar-refractivity contribution in [1.82, 2.24) is 4.98 Å². The summed E-state index contributed by atoms with van der Waals surface area (Å²) in [5.41, 5.74) is 4.02. The lowest BCUT2D eigenvalue weighted by molar-refractivity contribution is 0.214. The van der Waals surface area contributed by atoms with Crippen molar-refractivity contribution in [3.63, 3.8) is 0 Å². The predicted molar refractivity (Wildman–Crippen MR) is 117 cm³/mol. The van der Waals surface area contributed by atoms with Gasteiger partial charge in [0.1, 0.15) is 11.5 Å². The van der Waals surface area contributed by atoms with Gasteiger partial charge in [-0.05, 0) is 62.8 Å². The fourth-order valence-electron chi connectivity index (χ4n) is 3.44. The minimum atomic E-state index is 0.0973. The lowest BCUT2D eigenvalue weighted by atomic mass is 9.95. The number of aryl methyl sites for hydroxylation is 2. The molecule has 0 aliphatic rings. The number of rotatable bonds is 11. The van der Waals surface area contributed by atoms with E-state index in [0.29, 0.717) is 11.8 Å². The van der Waals surface area contributed by atoms with Gasteiger partial charge in [-0.25, -0.2) is 4.98 Å². The molecule has 1 atom stereocenters. The molecule has 0 bridgehead atoms. The van der Waals surface area contributed by atoms with E-state index in [-0.39, 0.29) is 12.7 Å². The Balaban J connectivity index is 2.45. The Morgan fingerprint density at radius 3 is 2.34 bits per heavy atom. The van der Waals surface area contributed by atoms with Crippen LogP contribution in [0, 0.1) is 5.92 Å². The topological polar surface area (TPSA) is 60.8 Å². The van der Waals surface area contributed by atoms with E-state index in [9.17, 15) is 5.11 Å². The highest BCUT2D eigenvalue weighted by molar-refractivity contribution is 5.72. The Morgan fingerprint density at radius 1 is 1.03 bits per heavy atom. The average molecular weight is 402 g/mol. The molecule has 5 heteroatoms. The second-order valence-corrected chi connectivity index (χ2v) is 7.54. The van der Waals surface area contributed by atoms with Crippen LogP contribution in [0.4, 0.5) is 0 Å². The molecule has 2 rings (SSSR count). The van der Waals surface area contributed by atoms with Gasteiger partial charge < -0.3 is 19.3 Å². The molecule has 1 unspecified atom stereocenters. The van der Waals surface area contributed by atoms with Crippen LogP contribution < -0.4 is 14.2 Å². The van der Waals surface area contributed by atoms with E-state index in [0.717, 1.165) is 59.6 Å². The molecule has 0 radical (unpaired) electrons. The molecule has 0 saturated heterocycles. The second-order valence-electron chi connectivity index (χ2n) is 7.54. The summed E-state index contributed by atoms with van der Waals surface area (Å²) in [6.07, 6.45) is 3.66. The average Bonchev–Trinajstić information content (AvgIpc) is 2.73. The highest BCUT2D eigenvalue weighted by Crippen LogP contribution is 2.37. The molecule has 0 aliphatic heterocycles. The largest absolute Gasteiger partial charge is 0.496 e. The van der Waals surface area contributed by atoms with Crippen molar-refractivity contribution >= 4 is 0 Å². The Bertz CT molecular complexity index is 785. The number of pyridine rings is 1. The summed E-state index contributed by atoms with van der Waals surface area (Å²) in [5.74, 6) is 2.44. The first-order valence-corrected chi connectivity index (χ1v) is 10.5. The minimum Gasteiger partial charge on any atom is -0.496 e. The zero-order valence-electron chi connectivity index (χ0n) is 18.6. The van der Waals surface area contributed by atoms with Crippen LogP contribution in [0.25, 0.3) is 11.3 Å². The van der Waals surface area contributed by atoms with E-state index in [2.05, 4.69) is 19.9 Å². The molecule has 1 aromatic heterocycles. The lowest BCUT2D eigenvalue weighted by Gasteiger charge is -2.18. The van der Waals surface area contributed by atoms with Gasteiger partial charge in [0.05, 0.1) is 26.0 Å². The third-order valence-corrected chi connectivity index (χ3v) is 5.17. The highest BCUT2D eigenvalue weighted by atomic mass is 16.5. The molecule has 1 aromatic carbocycles. The van der Waals surface area contributed by atoms with Crippen LogP contribution in [0.1, 0.15) is 51.7 Å². The van der Waals surface area contributed by atoms with Crippen molar-refractivity contribution in [2.75, 3.05) is 20.8 Å². The van der Waals surface area contributed by atoms with Gasteiger partial charge in [-0.1, -0.05) is 20.3 Å². The van der Waals surface area contributed by atoms with E-state index < -0.39 is 0 Å². The number of ether oxygens (including phenoxy) is 3. The van der Waals surface area contributed by atoms with E-state index in [1.54, 1.807) is 14.2 Å². The van der Waals surface area contributed by atoms with Crippen molar-refractivity contribution in [2.45, 2.75) is 59.5 Å². The second kappa shape index (κ2) is 11.1. The monoisotopic (exact) mass is 401 g/mol. The fourth-order valence-corrected chi connectivity index (χ4v) is 3.44. The summed E-state index contributed by atoms with van der Waals surface area (Å²) in [6, 6.07) is 8.04. The first-order valence-electron chi connectivity index (χ1n) is 10.5. The van der Waals surface area contributed by atoms with Gasteiger partial charge >= 0.3 is 0 Å². The van der Waals surface area contributed by atoms with Crippen LogP contribution in [-0.4, -0.2) is 37.0 Å². The molecular formula is C24H35NO4. The Hall–Kier alpha value is -2.27. The summed E-state index contributed by atoms with van der Waals surface area (Å²) in [6.45, 7) is 8.45. The highest BCUT2D eigenvalue weighted by Gasteiger charge is 2.18. The Kier molecular flexibility index (Phi) is 8.77. The minimum absolute atomic E-state index is 0.0973. The molecule has 0 spiro atoms. The molecule has 160 valence electrons. The van der Waals surface area contributed by atoms with E-state index in [1.807, 2.05) is 32.0 Å². The maximum Gasteiger partial charge on any atom is 0.216 e. The molecule has 0 fully saturated rings. The number of hydrogen-bond donors (Lipinski definition) is 1. The van der Waals surface area contributed by atoms with Crippen molar-refractivity contribution < 1.29 is 19.3 Å². The van der Waals surface area contributed by atoms with Crippen molar-refractivity contribution in [3.05, 3.63) is 35.4 Å². The van der Waals surface area contributed by atoms with Gasteiger partial charge in [-0.15, -0.1) is 0 Å². The number of aromatic nitrogens is 1. The number of hydrogen-bond acceptors (Lipinski definition) is 5. The third kappa shape index (κ3) is 5.86. The molecular weight excluding hydrogens is 366 g/mol. The van der Waals surface area contributed by atoms with Crippen LogP contribution in [0.15, 0.2) is 24.3 Å². The molecule has 1 N–H and O–H groups in total. The molecule has 1 heterocycles. The van der Waals surface area contributed by atoms with Gasteiger partial charge in [-0.3, -0.25) is 0 Å². The zero-order valence-corrected chi connectivity index (χ0v) is 18.6. The number of benzene rings is 1. The van der Waals surface area contributed by atoms with Crippen LogP contribution in [0.2, 0.25) is 0 Å². The Labute approximate surface area is 175 Å². The van der Waals surface area contributed by atoms with Crippen LogP contribution in [0.5, 0.6) is 17.4 Å². The molecule has 2 aromatic rings. The van der Waals surface area contributed by atoms with Gasteiger partial charge in [0.25, 0.3) is 0 Å². The van der Waals surface area contributed by atoms with E-state index >= 15 is 0 Å². The van der Waals surface area contributed by atoms with E-state index in [4.69, 9.17) is 19.2 Å². The SMILES string of the molecule is CCc1cc(CCC(CC)CO)c(OC)nc1-c1ccc(OC(C)C)cc1OC. The van der Waals surface area contributed by atoms with Crippen LogP contribution in [0.3, 0.4) is 0 Å². The number of nitrogens with zero attached hydrogens (tertiary/aromatic N) is 1. The number of methoxy groups -OCH3 is 2. The lowest BCUT2D eigenvalue weighted by Crippen LogP contribution is -2.08. The van der Waals surface area contributed by atoms with Crippen molar-refractivity contribution in [3.8, 4) is 28.6 Å². The zero-order chi connectivity index (χ0) is 21.4. The van der Waals surface area contributed by atoms with Gasteiger partial charge in [0.2, 0.25) is 5.88 Å². The van der Waals surface area contributed by atoms with E-state index in [1.165, 1.54) is 0 Å². The summed E-state index contributed by atoms with van der Waals surface area (Å²) < 4.78 is 17.1. The summed E-state index contributed by atoms with van der Waals surface area (Å²) in [7, 11) is 3.32. The van der Waals surface area contributed by atoms with Crippen molar-refractivity contribution in [2.24, 2.45) is 5.92 Å². The quantitative estimate of drug-likeness (QED) is 0.570. The first-order chi connectivity index (χ1) is 14.0. The predicted octanol–water partition coefficient (Wildman–Crippen LogP) is 5.07.